The van der Waals surface area contributed by atoms with Gasteiger partial charge in [-0.15, -0.1) is 0 Å². The number of carbonyl (C=O) groups excluding carboxylic acids is 3. The molecule has 1 aromatic heterocycles. The van der Waals surface area contributed by atoms with Gasteiger partial charge < -0.3 is 20.5 Å². The fourth-order valence-electron chi connectivity index (χ4n) is 3.19. The van der Waals surface area contributed by atoms with E-state index in [1.807, 2.05) is 30.5 Å². The molecule has 1 atom stereocenters. The van der Waals surface area contributed by atoms with E-state index in [1.165, 1.54) is 0 Å². The molecule has 132 valence electrons. The Bertz CT molecular complexity index is 798. The van der Waals surface area contributed by atoms with Crippen LogP contribution in [-0.2, 0) is 20.9 Å². The van der Waals surface area contributed by atoms with Crippen LogP contribution in [0.1, 0.15) is 24.8 Å². The SMILES string of the molecule is CNC(=O)CCNC(=O)C1CCC(=O)N1Cc1c[nH]c2ccccc12. The molecule has 25 heavy (non-hydrogen) atoms. The first-order chi connectivity index (χ1) is 12.1. The molecule has 0 radical (unpaired) electrons. The summed E-state index contributed by atoms with van der Waals surface area (Å²) in [5.41, 5.74) is 2.00. The molecule has 0 bridgehead atoms. The van der Waals surface area contributed by atoms with Crippen LogP contribution in [0.3, 0.4) is 0 Å². The first-order valence-electron chi connectivity index (χ1n) is 8.43. The van der Waals surface area contributed by atoms with Crippen LogP contribution < -0.4 is 10.6 Å². The van der Waals surface area contributed by atoms with Crippen molar-refractivity contribution in [2.75, 3.05) is 13.6 Å². The molecule has 2 aromatic rings. The molecule has 1 aromatic carbocycles. The zero-order valence-corrected chi connectivity index (χ0v) is 14.2. The Balaban J connectivity index is 1.67. The molecule has 1 unspecified atom stereocenters. The number of nitrogens with zero attached hydrogens (tertiary/aromatic N) is 1. The second kappa shape index (κ2) is 7.38. The Morgan fingerprint density at radius 1 is 1.32 bits per heavy atom. The number of aromatic amines is 1. The highest BCUT2D eigenvalue weighted by Crippen LogP contribution is 2.25. The number of H-pyrrole nitrogens is 1. The lowest BCUT2D eigenvalue weighted by Crippen LogP contribution is -2.45. The van der Waals surface area contributed by atoms with E-state index in [9.17, 15) is 14.4 Å². The Morgan fingerprint density at radius 3 is 2.92 bits per heavy atom. The Labute approximate surface area is 145 Å². The first kappa shape index (κ1) is 17.0. The third kappa shape index (κ3) is 3.65. The molecular formula is C18H22N4O3. The van der Waals surface area contributed by atoms with E-state index in [2.05, 4.69) is 15.6 Å². The summed E-state index contributed by atoms with van der Waals surface area (Å²) in [7, 11) is 1.56. The average molecular weight is 342 g/mol. The van der Waals surface area contributed by atoms with E-state index in [1.54, 1.807) is 11.9 Å². The second-order valence-corrected chi connectivity index (χ2v) is 6.15. The second-order valence-electron chi connectivity index (χ2n) is 6.15. The van der Waals surface area contributed by atoms with Crippen LogP contribution in [0.2, 0.25) is 0 Å². The van der Waals surface area contributed by atoms with E-state index in [-0.39, 0.29) is 30.7 Å². The van der Waals surface area contributed by atoms with Crippen LogP contribution in [0.5, 0.6) is 0 Å². The third-order valence-corrected chi connectivity index (χ3v) is 4.58. The summed E-state index contributed by atoms with van der Waals surface area (Å²) in [5.74, 6) is -0.343. The minimum absolute atomic E-state index is 0.0169. The van der Waals surface area contributed by atoms with Crippen molar-refractivity contribution in [3.05, 3.63) is 36.0 Å². The number of para-hydroxylation sites is 1. The van der Waals surface area contributed by atoms with Crippen LogP contribution in [0.4, 0.5) is 0 Å². The molecular weight excluding hydrogens is 320 g/mol. The van der Waals surface area contributed by atoms with Gasteiger partial charge >= 0.3 is 0 Å². The van der Waals surface area contributed by atoms with Crippen molar-refractivity contribution in [1.82, 2.24) is 20.5 Å². The Hall–Kier alpha value is -2.83. The van der Waals surface area contributed by atoms with Crippen LogP contribution in [0.15, 0.2) is 30.5 Å². The molecule has 2 heterocycles. The highest BCUT2D eigenvalue weighted by Gasteiger charge is 2.36. The first-order valence-corrected chi connectivity index (χ1v) is 8.43. The Morgan fingerprint density at radius 2 is 2.12 bits per heavy atom. The van der Waals surface area contributed by atoms with Crippen molar-refractivity contribution in [1.29, 1.82) is 0 Å². The molecule has 0 aliphatic carbocycles. The van der Waals surface area contributed by atoms with Gasteiger partial charge in [-0.05, 0) is 18.1 Å². The van der Waals surface area contributed by atoms with Gasteiger partial charge in [0.1, 0.15) is 6.04 Å². The molecule has 0 saturated carbocycles. The Kier molecular flexibility index (Phi) is 5.02. The maximum atomic E-state index is 12.4. The summed E-state index contributed by atoms with van der Waals surface area (Å²) in [5, 5.41) is 6.32. The standard InChI is InChI=1S/C18H22N4O3/c1-19-16(23)8-9-20-18(25)15-6-7-17(24)22(15)11-12-10-21-14-5-3-2-4-13(12)14/h2-5,10,15,21H,6-9,11H2,1H3,(H,19,23)(H,20,25). The molecule has 1 aliphatic rings. The number of carbonyl (C=O) groups is 3. The number of hydrogen-bond acceptors (Lipinski definition) is 3. The third-order valence-electron chi connectivity index (χ3n) is 4.58. The lowest BCUT2D eigenvalue weighted by molar-refractivity contribution is -0.135. The number of amides is 3. The number of hydrogen-bond donors (Lipinski definition) is 3. The molecule has 0 spiro atoms. The predicted molar refractivity (Wildman–Crippen MR) is 93.6 cm³/mol. The molecule has 7 heteroatoms. The molecule has 1 saturated heterocycles. The fourth-order valence-corrected chi connectivity index (χ4v) is 3.19. The number of aromatic nitrogens is 1. The van der Waals surface area contributed by atoms with Gasteiger partial charge in [0.25, 0.3) is 0 Å². The van der Waals surface area contributed by atoms with E-state index in [0.717, 1.165) is 16.5 Å². The lowest BCUT2D eigenvalue weighted by atomic mass is 10.1. The van der Waals surface area contributed by atoms with E-state index in [4.69, 9.17) is 0 Å². The summed E-state index contributed by atoms with van der Waals surface area (Å²) >= 11 is 0. The molecule has 7 nitrogen and oxygen atoms in total. The van der Waals surface area contributed by atoms with Gasteiger partial charge in [-0.25, -0.2) is 0 Å². The van der Waals surface area contributed by atoms with Gasteiger partial charge in [-0.2, -0.15) is 0 Å². The number of likely N-dealkylation sites (tertiary alicyclic amines) is 1. The summed E-state index contributed by atoms with van der Waals surface area (Å²) in [6, 6.07) is 7.40. The van der Waals surface area contributed by atoms with Gasteiger partial charge in [0, 0.05) is 50.1 Å². The highest BCUT2D eigenvalue weighted by molar-refractivity contribution is 5.91. The van der Waals surface area contributed by atoms with Crippen molar-refractivity contribution in [3.63, 3.8) is 0 Å². The largest absolute Gasteiger partial charge is 0.361 e. The number of benzene rings is 1. The maximum absolute atomic E-state index is 12.4. The van der Waals surface area contributed by atoms with Crippen molar-refractivity contribution in [3.8, 4) is 0 Å². The van der Waals surface area contributed by atoms with Gasteiger partial charge in [-0.1, -0.05) is 18.2 Å². The van der Waals surface area contributed by atoms with Gasteiger partial charge in [0.2, 0.25) is 17.7 Å². The van der Waals surface area contributed by atoms with Gasteiger partial charge in [-0.3, -0.25) is 14.4 Å². The van der Waals surface area contributed by atoms with E-state index in [0.29, 0.717) is 19.4 Å². The number of fused-ring (bicyclic) bond motifs is 1. The average Bonchev–Trinajstić information content (AvgIpc) is 3.19. The minimum Gasteiger partial charge on any atom is -0.361 e. The quantitative estimate of drug-likeness (QED) is 0.728. The zero-order chi connectivity index (χ0) is 17.8. The van der Waals surface area contributed by atoms with E-state index >= 15 is 0 Å². The van der Waals surface area contributed by atoms with Crippen LogP contribution in [0.25, 0.3) is 10.9 Å². The van der Waals surface area contributed by atoms with Crippen LogP contribution in [-0.4, -0.2) is 47.2 Å². The van der Waals surface area contributed by atoms with Crippen molar-refractivity contribution in [2.45, 2.75) is 31.8 Å². The summed E-state index contributed by atoms with van der Waals surface area (Å²) < 4.78 is 0. The lowest BCUT2D eigenvalue weighted by Gasteiger charge is -2.24. The van der Waals surface area contributed by atoms with E-state index < -0.39 is 6.04 Å². The highest BCUT2D eigenvalue weighted by atomic mass is 16.2. The van der Waals surface area contributed by atoms with Crippen molar-refractivity contribution in [2.24, 2.45) is 0 Å². The zero-order valence-electron chi connectivity index (χ0n) is 14.2. The monoisotopic (exact) mass is 342 g/mol. The number of rotatable bonds is 6. The molecule has 1 fully saturated rings. The van der Waals surface area contributed by atoms with Crippen molar-refractivity contribution >= 4 is 28.6 Å². The fraction of sp³-hybridized carbons (Fsp3) is 0.389. The smallest absolute Gasteiger partial charge is 0.242 e. The normalized spacial score (nSPS) is 17.1. The van der Waals surface area contributed by atoms with Crippen LogP contribution >= 0.6 is 0 Å². The maximum Gasteiger partial charge on any atom is 0.242 e. The van der Waals surface area contributed by atoms with Gasteiger partial charge in [0.05, 0.1) is 0 Å². The summed E-state index contributed by atoms with van der Waals surface area (Å²) in [6.45, 7) is 0.667. The number of nitrogens with one attached hydrogen (secondary N) is 3. The van der Waals surface area contributed by atoms with Gasteiger partial charge in [0.15, 0.2) is 0 Å². The topological polar surface area (TPSA) is 94.3 Å². The predicted octanol–water partition coefficient (Wildman–Crippen LogP) is 0.911. The minimum atomic E-state index is -0.481. The molecule has 1 aliphatic heterocycles. The van der Waals surface area contributed by atoms with Crippen LogP contribution in [0, 0.1) is 0 Å². The summed E-state index contributed by atoms with van der Waals surface area (Å²) in [4.78, 5) is 40.7. The summed E-state index contributed by atoms with van der Waals surface area (Å²) in [6.07, 6.45) is 2.99. The van der Waals surface area contributed by atoms with Crippen molar-refractivity contribution < 1.29 is 14.4 Å². The molecule has 3 N–H and O–H groups in total. The molecule has 3 rings (SSSR count). The molecule has 3 amide bonds.